The summed E-state index contributed by atoms with van der Waals surface area (Å²) in [5.41, 5.74) is 1.97. The molecule has 0 spiro atoms. The van der Waals surface area contributed by atoms with Gasteiger partial charge in [-0.3, -0.25) is 0 Å². The van der Waals surface area contributed by atoms with E-state index in [0.29, 0.717) is 11.5 Å². The molecule has 0 heterocycles. The van der Waals surface area contributed by atoms with Gasteiger partial charge in [0.05, 0.1) is 11.1 Å². The lowest BCUT2D eigenvalue weighted by Gasteiger charge is -2.07. The molecule has 0 N–H and O–H groups in total. The van der Waals surface area contributed by atoms with Crippen LogP contribution in [-0.4, -0.2) is 11.9 Å². The van der Waals surface area contributed by atoms with E-state index in [1.54, 1.807) is 68.4 Å². The first-order valence-electron chi connectivity index (χ1n) is 9.19. The average Bonchev–Trinajstić information content (AvgIpc) is 2.75. The van der Waals surface area contributed by atoms with Gasteiger partial charge in [-0.25, -0.2) is 9.59 Å². The summed E-state index contributed by atoms with van der Waals surface area (Å²) in [5, 5.41) is 0. The van der Waals surface area contributed by atoms with E-state index >= 15 is 0 Å². The van der Waals surface area contributed by atoms with Crippen LogP contribution in [0.2, 0.25) is 0 Å². The van der Waals surface area contributed by atoms with Gasteiger partial charge in [0.1, 0.15) is 11.5 Å². The molecule has 0 saturated heterocycles. The highest BCUT2D eigenvalue weighted by atomic mass is 16.5. The van der Waals surface area contributed by atoms with E-state index in [1.807, 2.05) is 12.1 Å². The second-order valence-electron chi connectivity index (χ2n) is 6.17. The Morgan fingerprint density at radius 2 is 1.07 bits per heavy atom. The Morgan fingerprint density at radius 1 is 0.633 bits per heavy atom. The molecule has 4 heteroatoms. The van der Waals surface area contributed by atoms with Gasteiger partial charge in [-0.05, 0) is 68.4 Å². The molecule has 3 rings (SSSR count). The minimum Gasteiger partial charge on any atom is -0.423 e. The molecule has 0 aliphatic heterocycles. The molecule has 0 amide bonds. The molecule has 3 aromatic rings. The van der Waals surface area contributed by atoms with E-state index in [2.05, 4.69) is 23.7 Å². The van der Waals surface area contributed by atoms with Crippen molar-refractivity contribution in [2.75, 3.05) is 0 Å². The highest BCUT2D eigenvalue weighted by Crippen LogP contribution is 2.18. The number of hydrogen-bond acceptors (Lipinski definition) is 4. The fourth-order valence-electron chi connectivity index (χ4n) is 2.67. The average molecular weight is 394 g/mol. The monoisotopic (exact) mass is 394 g/mol. The number of hydrogen-bond donors (Lipinski definition) is 0. The molecule has 4 nitrogen and oxygen atoms in total. The van der Waals surface area contributed by atoms with Crippen LogP contribution in [0.4, 0.5) is 0 Å². The van der Waals surface area contributed by atoms with Crippen molar-refractivity contribution in [3.63, 3.8) is 0 Å². The molecule has 0 aliphatic rings. The minimum absolute atomic E-state index is 0.238. The van der Waals surface area contributed by atoms with Crippen LogP contribution in [0.25, 0.3) is 0 Å². The number of ether oxygens (including phenoxy) is 2. The lowest BCUT2D eigenvalue weighted by atomic mass is 10.1. The van der Waals surface area contributed by atoms with Crippen molar-refractivity contribution in [3.8, 4) is 35.2 Å². The third-order valence-corrected chi connectivity index (χ3v) is 3.96. The van der Waals surface area contributed by atoms with Crippen molar-refractivity contribution in [2.45, 2.75) is 13.8 Å². The molecule has 0 aliphatic carbocycles. The van der Waals surface area contributed by atoms with E-state index in [1.165, 1.54) is 6.07 Å². The van der Waals surface area contributed by atoms with Crippen molar-refractivity contribution in [3.05, 3.63) is 95.1 Å². The maximum Gasteiger partial charge on any atom is 0.343 e. The predicted octanol–water partition coefficient (Wildman–Crippen LogP) is 4.87. The predicted molar refractivity (Wildman–Crippen MR) is 114 cm³/mol. The Kier molecular flexibility index (Phi) is 6.66. The molecule has 0 radical (unpaired) electrons. The quantitative estimate of drug-likeness (QED) is 0.360. The van der Waals surface area contributed by atoms with Crippen LogP contribution in [-0.2, 0) is 0 Å². The SMILES string of the molecule is CC#Cc1cccc(OC(=O)c2cccc(C(=O)Oc3cccc(C#CC)c3)c2)c1. The zero-order valence-electron chi connectivity index (χ0n) is 16.6. The molecule has 0 saturated carbocycles. The lowest BCUT2D eigenvalue weighted by Crippen LogP contribution is -2.12. The highest BCUT2D eigenvalue weighted by Gasteiger charge is 2.14. The lowest BCUT2D eigenvalue weighted by molar-refractivity contribution is 0.0734. The molecule has 146 valence electrons. The topological polar surface area (TPSA) is 52.6 Å². The normalized spacial score (nSPS) is 9.40. The van der Waals surface area contributed by atoms with E-state index < -0.39 is 11.9 Å². The summed E-state index contributed by atoms with van der Waals surface area (Å²) < 4.78 is 10.8. The molecule has 30 heavy (non-hydrogen) atoms. The van der Waals surface area contributed by atoms with Crippen LogP contribution in [0.5, 0.6) is 11.5 Å². The Balaban J connectivity index is 1.74. The molecular formula is C26H18O4. The van der Waals surface area contributed by atoms with Gasteiger partial charge in [0, 0.05) is 11.1 Å². The molecule has 0 fully saturated rings. The zero-order chi connectivity index (χ0) is 21.3. The molecule has 0 bridgehead atoms. The third kappa shape index (κ3) is 5.38. The second kappa shape index (κ2) is 9.78. The van der Waals surface area contributed by atoms with Gasteiger partial charge >= 0.3 is 11.9 Å². The van der Waals surface area contributed by atoms with Gasteiger partial charge in [0.25, 0.3) is 0 Å². The maximum absolute atomic E-state index is 12.5. The molecule has 0 unspecified atom stereocenters. The molecular weight excluding hydrogens is 376 g/mol. The Morgan fingerprint density at radius 3 is 1.50 bits per heavy atom. The van der Waals surface area contributed by atoms with Crippen molar-refractivity contribution >= 4 is 11.9 Å². The van der Waals surface area contributed by atoms with Crippen LogP contribution in [0, 0.1) is 23.7 Å². The van der Waals surface area contributed by atoms with Crippen molar-refractivity contribution in [2.24, 2.45) is 0 Å². The number of benzene rings is 3. The van der Waals surface area contributed by atoms with Crippen LogP contribution in [0.15, 0.2) is 72.8 Å². The summed E-state index contributed by atoms with van der Waals surface area (Å²) in [4.78, 5) is 25.0. The van der Waals surface area contributed by atoms with Crippen LogP contribution in [0.1, 0.15) is 45.7 Å². The van der Waals surface area contributed by atoms with Crippen molar-refractivity contribution in [1.82, 2.24) is 0 Å². The number of rotatable bonds is 4. The van der Waals surface area contributed by atoms with Gasteiger partial charge in [-0.2, -0.15) is 0 Å². The number of esters is 2. The molecule has 0 atom stereocenters. The van der Waals surface area contributed by atoms with E-state index in [9.17, 15) is 9.59 Å². The largest absolute Gasteiger partial charge is 0.423 e. The van der Waals surface area contributed by atoms with E-state index in [-0.39, 0.29) is 11.1 Å². The van der Waals surface area contributed by atoms with Gasteiger partial charge in [0.2, 0.25) is 0 Å². The first kappa shape index (κ1) is 20.5. The van der Waals surface area contributed by atoms with Gasteiger partial charge in [-0.15, -0.1) is 11.8 Å². The summed E-state index contributed by atoms with van der Waals surface area (Å²) in [6, 6.07) is 20.1. The first-order chi connectivity index (χ1) is 14.6. The Bertz CT molecular complexity index is 1120. The fourth-order valence-corrected chi connectivity index (χ4v) is 2.67. The number of carbonyl (C=O) groups is 2. The minimum atomic E-state index is -0.577. The summed E-state index contributed by atoms with van der Waals surface area (Å²) in [6.07, 6.45) is 0. The Labute approximate surface area is 175 Å². The van der Waals surface area contributed by atoms with Crippen LogP contribution in [0.3, 0.4) is 0 Å². The fraction of sp³-hybridized carbons (Fsp3) is 0.0769. The Hall–Kier alpha value is -4.28. The molecule has 0 aromatic heterocycles. The van der Waals surface area contributed by atoms with Crippen LogP contribution < -0.4 is 9.47 Å². The summed E-state index contributed by atoms with van der Waals surface area (Å²) in [6.45, 7) is 3.47. The first-order valence-corrected chi connectivity index (χ1v) is 9.19. The summed E-state index contributed by atoms with van der Waals surface area (Å²) >= 11 is 0. The number of carbonyl (C=O) groups excluding carboxylic acids is 2. The van der Waals surface area contributed by atoms with Crippen LogP contribution >= 0.6 is 0 Å². The van der Waals surface area contributed by atoms with Gasteiger partial charge in [0.15, 0.2) is 0 Å². The van der Waals surface area contributed by atoms with E-state index in [4.69, 9.17) is 9.47 Å². The zero-order valence-corrected chi connectivity index (χ0v) is 16.6. The van der Waals surface area contributed by atoms with Gasteiger partial charge in [-0.1, -0.05) is 30.0 Å². The summed E-state index contributed by atoms with van der Waals surface area (Å²) in [5.74, 6) is 11.0. The van der Waals surface area contributed by atoms with E-state index in [0.717, 1.165) is 11.1 Å². The smallest absolute Gasteiger partial charge is 0.343 e. The third-order valence-electron chi connectivity index (χ3n) is 3.96. The second-order valence-corrected chi connectivity index (χ2v) is 6.17. The molecule has 3 aromatic carbocycles. The van der Waals surface area contributed by atoms with Crippen molar-refractivity contribution < 1.29 is 19.1 Å². The summed E-state index contributed by atoms with van der Waals surface area (Å²) in [7, 11) is 0. The highest BCUT2D eigenvalue weighted by molar-refractivity contribution is 5.96. The van der Waals surface area contributed by atoms with Crippen molar-refractivity contribution in [1.29, 1.82) is 0 Å². The maximum atomic E-state index is 12.5. The standard InChI is InChI=1S/C26H18O4/c1-3-8-19-10-5-14-23(16-19)29-25(27)21-12-7-13-22(18-21)26(28)30-24-15-6-11-20(17-24)9-4-2/h5-7,10-18H,1-2H3. The van der Waals surface area contributed by atoms with Gasteiger partial charge < -0.3 is 9.47 Å².